The van der Waals surface area contributed by atoms with Gasteiger partial charge in [-0.05, 0) is 49.4 Å². The third-order valence-electron chi connectivity index (χ3n) is 7.58. The van der Waals surface area contributed by atoms with Crippen LogP contribution in [0.2, 0.25) is 0 Å². The minimum absolute atomic E-state index is 0.0272. The number of rotatable bonds is 11. The number of hydrogen-bond donors (Lipinski definition) is 3. The first-order chi connectivity index (χ1) is 20.3. The molecule has 220 valence electrons. The smallest absolute Gasteiger partial charge is 0.328 e. The van der Waals surface area contributed by atoms with E-state index in [9.17, 15) is 24.3 Å². The van der Waals surface area contributed by atoms with Crippen LogP contribution in [0.5, 0.6) is 0 Å². The maximum Gasteiger partial charge on any atom is 0.328 e. The minimum Gasteiger partial charge on any atom is -0.459 e. The molecular weight excluding hydrogens is 534 g/mol. The Balaban J connectivity index is 1.52. The van der Waals surface area contributed by atoms with Crippen LogP contribution in [-0.4, -0.2) is 64.5 Å². The number of carbonyl (C=O) groups excluding carboxylic acids is 4. The zero-order valence-corrected chi connectivity index (χ0v) is 23.7. The summed E-state index contributed by atoms with van der Waals surface area (Å²) in [4.78, 5) is 54.8. The number of likely N-dealkylation sites (tertiary alicyclic amines) is 1. The first kappa shape index (κ1) is 30.5. The van der Waals surface area contributed by atoms with Gasteiger partial charge in [0.15, 0.2) is 0 Å². The Kier molecular flexibility index (Phi) is 10.4. The van der Waals surface area contributed by atoms with Crippen LogP contribution in [0, 0.1) is 0 Å². The van der Waals surface area contributed by atoms with Crippen LogP contribution in [0.15, 0.2) is 91.0 Å². The third kappa shape index (κ3) is 7.82. The van der Waals surface area contributed by atoms with E-state index in [0.29, 0.717) is 12.0 Å². The quantitative estimate of drug-likeness (QED) is 0.304. The number of esters is 1. The molecule has 1 heterocycles. The number of carbonyl (C=O) groups is 4. The lowest BCUT2D eigenvalue weighted by molar-refractivity contribution is -0.149. The average molecular weight is 572 g/mol. The Morgan fingerprint density at radius 3 is 2.12 bits per heavy atom. The molecular formula is C33H37N3O6. The molecule has 1 fully saturated rings. The average Bonchev–Trinajstić information content (AvgIpc) is 3.19. The molecule has 1 saturated heterocycles. The van der Waals surface area contributed by atoms with Crippen molar-refractivity contribution in [3.8, 4) is 0 Å². The second-order valence-electron chi connectivity index (χ2n) is 10.6. The number of amides is 3. The highest BCUT2D eigenvalue weighted by Crippen LogP contribution is 2.27. The van der Waals surface area contributed by atoms with Gasteiger partial charge in [0.1, 0.15) is 18.2 Å². The third-order valence-corrected chi connectivity index (χ3v) is 7.58. The van der Waals surface area contributed by atoms with E-state index in [1.807, 2.05) is 60.7 Å². The minimum atomic E-state index is -1.47. The molecule has 1 aliphatic heterocycles. The van der Waals surface area contributed by atoms with Gasteiger partial charge in [0.05, 0.1) is 12.6 Å². The van der Waals surface area contributed by atoms with Gasteiger partial charge in [-0.3, -0.25) is 14.4 Å². The van der Waals surface area contributed by atoms with Gasteiger partial charge in [-0.1, -0.05) is 78.9 Å². The second-order valence-corrected chi connectivity index (χ2v) is 10.6. The van der Waals surface area contributed by atoms with E-state index in [1.165, 1.54) is 6.92 Å². The van der Waals surface area contributed by atoms with Crippen LogP contribution >= 0.6 is 0 Å². The highest BCUT2D eigenvalue weighted by Gasteiger charge is 2.44. The van der Waals surface area contributed by atoms with E-state index < -0.39 is 35.4 Å². The predicted octanol–water partition coefficient (Wildman–Crippen LogP) is 3.02. The first-order valence-electron chi connectivity index (χ1n) is 14.1. The van der Waals surface area contributed by atoms with Crippen molar-refractivity contribution in [2.45, 2.75) is 56.8 Å². The molecule has 9 nitrogen and oxygen atoms in total. The summed E-state index contributed by atoms with van der Waals surface area (Å²) in [6.45, 7) is 1.46. The van der Waals surface area contributed by atoms with E-state index in [-0.39, 0.29) is 44.9 Å². The van der Waals surface area contributed by atoms with Gasteiger partial charge in [0.25, 0.3) is 5.91 Å². The standard InChI is InChI=1S/C33H37N3O6/c1-24(31(40)42-23-26-13-7-3-8-14-26)34-32(41)33(35-30(39)27-15-9-4-10-16-27)18-17-29(38)36(20-19-33)28(22-37)21-25-11-5-2-6-12-25/h2-16,24,28,37H,17-23H2,1H3,(H,34,41)(H,35,39)/t24-,28-,33+/m0/s1. The first-order valence-corrected chi connectivity index (χ1v) is 14.1. The van der Waals surface area contributed by atoms with Gasteiger partial charge < -0.3 is 25.4 Å². The van der Waals surface area contributed by atoms with E-state index in [0.717, 1.165) is 11.1 Å². The van der Waals surface area contributed by atoms with Gasteiger partial charge in [-0.25, -0.2) is 4.79 Å². The van der Waals surface area contributed by atoms with Crippen LogP contribution in [0.3, 0.4) is 0 Å². The number of aliphatic hydroxyl groups is 1. The van der Waals surface area contributed by atoms with Gasteiger partial charge in [-0.2, -0.15) is 0 Å². The molecule has 42 heavy (non-hydrogen) atoms. The number of nitrogens with one attached hydrogen (secondary N) is 2. The zero-order chi connectivity index (χ0) is 30.0. The summed E-state index contributed by atoms with van der Waals surface area (Å²) in [5, 5.41) is 15.8. The van der Waals surface area contributed by atoms with E-state index >= 15 is 0 Å². The number of hydrogen-bond acceptors (Lipinski definition) is 6. The molecule has 4 rings (SSSR count). The molecule has 3 aromatic rings. The van der Waals surface area contributed by atoms with Crippen molar-refractivity contribution in [2.75, 3.05) is 13.2 Å². The zero-order valence-electron chi connectivity index (χ0n) is 23.7. The highest BCUT2D eigenvalue weighted by atomic mass is 16.5. The Morgan fingerprint density at radius 2 is 1.50 bits per heavy atom. The number of nitrogens with zero attached hydrogens (tertiary/aromatic N) is 1. The largest absolute Gasteiger partial charge is 0.459 e. The van der Waals surface area contributed by atoms with E-state index in [1.54, 1.807) is 35.2 Å². The lowest BCUT2D eigenvalue weighted by Crippen LogP contribution is -2.61. The maximum absolute atomic E-state index is 13.9. The Labute approximate surface area is 245 Å². The fraction of sp³-hybridized carbons (Fsp3) is 0.333. The number of benzene rings is 3. The van der Waals surface area contributed by atoms with Gasteiger partial charge in [-0.15, -0.1) is 0 Å². The summed E-state index contributed by atoms with van der Waals surface area (Å²) < 4.78 is 5.39. The molecule has 0 unspecified atom stereocenters. The van der Waals surface area contributed by atoms with Crippen molar-refractivity contribution in [2.24, 2.45) is 0 Å². The molecule has 1 aliphatic rings. The lowest BCUT2D eigenvalue weighted by Gasteiger charge is -2.34. The van der Waals surface area contributed by atoms with Crippen LogP contribution < -0.4 is 10.6 Å². The van der Waals surface area contributed by atoms with Crippen LogP contribution in [0.1, 0.15) is 47.7 Å². The van der Waals surface area contributed by atoms with Crippen molar-refractivity contribution >= 4 is 23.7 Å². The summed E-state index contributed by atoms with van der Waals surface area (Å²) in [5.74, 6) is -1.88. The molecule has 0 spiro atoms. The molecule has 3 N–H and O–H groups in total. The molecule has 3 aromatic carbocycles. The van der Waals surface area contributed by atoms with Gasteiger partial charge in [0, 0.05) is 18.5 Å². The summed E-state index contributed by atoms with van der Waals surface area (Å²) in [5.41, 5.74) is 0.674. The van der Waals surface area contributed by atoms with E-state index in [4.69, 9.17) is 4.74 Å². The molecule has 0 aromatic heterocycles. The fourth-order valence-corrected chi connectivity index (χ4v) is 5.11. The SMILES string of the molecule is C[C@H](NC(=O)[C@@]1(NC(=O)c2ccccc2)CCC(=O)N([C@H](CO)Cc2ccccc2)CC1)C(=O)OCc1ccccc1. The highest BCUT2D eigenvalue weighted by molar-refractivity contribution is 6.00. The van der Waals surface area contributed by atoms with Crippen molar-refractivity contribution in [3.05, 3.63) is 108 Å². The maximum atomic E-state index is 13.9. The summed E-state index contributed by atoms with van der Waals surface area (Å²) in [6.07, 6.45) is 0.547. The monoisotopic (exact) mass is 571 g/mol. The molecule has 0 bridgehead atoms. The van der Waals surface area contributed by atoms with Gasteiger partial charge >= 0.3 is 5.97 Å². The van der Waals surface area contributed by atoms with Crippen LogP contribution in [0.25, 0.3) is 0 Å². The van der Waals surface area contributed by atoms with Gasteiger partial charge in [0.2, 0.25) is 11.8 Å². The Bertz CT molecular complexity index is 1350. The summed E-state index contributed by atoms with van der Waals surface area (Å²) in [6, 6.07) is 25.8. The number of ether oxygens (including phenoxy) is 1. The summed E-state index contributed by atoms with van der Waals surface area (Å²) in [7, 11) is 0. The summed E-state index contributed by atoms with van der Waals surface area (Å²) >= 11 is 0. The molecule has 0 radical (unpaired) electrons. The van der Waals surface area contributed by atoms with Crippen LogP contribution in [-0.2, 0) is 32.1 Å². The van der Waals surface area contributed by atoms with Crippen molar-refractivity contribution < 1.29 is 29.0 Å². The molecule has 0 aliphatic carbocycles. The molecule has 0 saturated carbocycles. The van der Waals surface area contributed by atoms with Crippen molar-refractivity contribution in [1.29, 1.82) is 0 Å². The Hall–Kier alpha value is -4.50. The van der Waals surface area contributed by atoms with Crippen molar-refractivity contribution in [1.82, 2.24) is 15.5 Å². The van der Waals surface area contributed by atoms with Crippen molar-refractivity contribution in [3.63, 3.8) is 0 Å². The normalized spacial score (nSPS) is 18.3. The van der Waals surface area contributed by atoms with Crippen LogP contribution in [0.4, 0.5) is 0 Å². The fourth-order valence-electron chi connectivity index (χ4n) is 5.11. The number of aliphatic hydroxyl groups excluding tert-OH is 1. The van der Waals surface area contributed by atoms with E-state index in [2.05, 4.69) is 10.6 Å². The lowest BCUT2D eigenvalue weighted by atomic mass is 9.88. The molecule has 3 atom stereocenters. The second kappa shape index (κ2) is 14.4. The predicted molar refractivity (Wildman–Crippen MR) is 157 cm³/mol. The molecule has 9 heteroatoms. The topological polar surface area (TPSA) is 125 Å². The Morgan fingerprint density at radius 1 is 0.905 bits per heavy atom. The molecule has 3 amide bonds.